The van der Waals surface area contributed by atoms with Crippen LogP contribution in [0.1, 0.15) is 71.5 Å². The third-order valence-electron chi connectivity index (χ3n) is 6.52. The molecule has 1 amide bonds. The van der Waals surface area contributed by atoms with E-state index in [-0.39, 0.29) is 23.8 Å². The molecule has 1 atom stereocenters. The van der Waals surface area contributed by atoms with Crippen molar-refractivity contribution in [3.05, 3.63) is 41.3 Å². The fourth-order valence-corrected chi connectivity index (χ4v) is 4.40. The number of carbonyl (C=O) groups excluding carboxylic acids is 1. The molecular formula is C25H33ClN6O. The van der Waals surface area contributed by atoms with E-state index in [2.05, 4.69) is 29.6 Å². The summed E-state index contributed by atoms with van der Waals surface area (Å²) >= 11 is 6.46. The average molecular weight is 469 g/mol. The molecule has 0 aliphatic heterocycles. The number of nitrogens with zero attached hydrogens (tertiary/aromatic N) is 4. The zero-order chi connectivity index (χ0) is 23.5. The van der Waals surface area contributed by atoms with Gasteiger partial charge in [-0.05, 0) is 44.2 Å². The van der Waals surface area contributed by atoms with E-state index in [1.165, 1.54) is 0 Å². The molecule has 0 bridgehead atoms. The second-order valence-corrected chi connectivity index (χ2v) is 9.75. The number of carbonyl (C=O) groups is 1. The van der Waals surface area contributed by atoms with Gasteiger partial charge in [0.05, 0.1) is 22.3 Å². The maximum atomic E-state index is 12.0. The highest BCUT2D eigenvalue weighted by atomic mass is 35.5. The fourth-order valence-electron chi connectivity index (χ4n) is 4.18. The van der Waals surface area contributed by atoms with E-state index >= 15 is 0 Å². The Hall–Kier alpha value is -2.67. The van der Waals surface area contributed by atoms with Crippen molar-refractivity contribution >= 4 is 34.4 Å². The third-order valence-corrected chi connectivity index (χ3v) is 6.84. The third kappa shape index (κ3) is 5.13. The second kappa shape index (κ2) is 10.1. The maximum Gasteiger partial charge on any atom is 0.222 e. The number of para-hydroxylation sites is 1. The van der Waals surface area contributed by atoms with E-state index in [4.69, 9.17) is 21.6 Å². The number of hydrogen-bond donors (Lipinski definition) is 2. The van der Waals surface area contributed by atoms with Crippen LogP contribution >= 0.6 is 11.6 Å². The number of benzene rings is 1. The van der Waals surface area contributed by atoms with Gasteiger partial charge in [-0.2, -0.15) is 5.10 Å². The quantitative estimate of drug-likeness (QED) is 0.479. The monoisotopic (exact) mass is 468 g/mol. The Kier molecular flexibility index (Phi) is 7.17. The summed E-state index contributed by atoms with van der Waals surface area (Å²) in [6.45, 7) is 8.15. The number of fused-ring (bicyclic) bond motifs is 1. The van der Waals surface area contributed by atoms with E-state index < -0.39 is 0 Å². The maximum absolute atomic E-state index is 12.0. The Bertz CT molecular complexity index is 1120. The van der Waals surface area contributed by atoms with Gasteiger partial charge in [-0.15, -0.1) is 0 Å². The van der Waals surface area contributed by atoms with Crippen LogP contribution in [-0.2, 0) is 4.79 Å². The predicted molar refractivity (Wildman–Crippen MR) is 133 cm³/mol. The summed E-state index contributed by atoms with van der Waals surface area (Å²) in [5.41, 5.74) is 1.56. The van der Waals surface area contributed by atoms with Crippen molar-refractivity contribution in [2.75, 3.05) is 5.32 Å². The van der Waals surface area contributed by atoms with E-state index in [1.54, 1.807) is 4.68 Å². The summed E-state index contributed by atoms with van der Waals surface area (Å²) in [5, 5.41) is 13.0. The molecule has 2 heterocycles. The highest BCUT2D eigenvalue weighted by Gasteiger charge is 2.25. The molecule has 7 nitrogen and oxygen atoms in total. The van der Waals surface area contributed by atoms with Crippen molar-refractivity contribution in [1.29, 1.82) is 0 Å². The predicted octanol–water partition coefficient (Wildman–Crippen LogP) is 5.48. The molecule has 2 N–H and O–H groups in total. The van der Waals surface area contributed by atoms with Gasteiger partial charge in [0.2, 0.25) is 5.91 Å². The van der Waals surface area contributed by atoms with Crippen LogP contribution in [0.5, 0.6) is 0 Å². The molecule has 1 aromatic carbocycles. The molecule has 1 aliphatic carbocycles. The van der Waals surface area contributed by atoms with E-state index in [9.17, 15) is 4.79 Å². The number of hydrogen-bond acceptors (Lipinski definition) is 5. The smallest absolute Gasteiger partial charge is 0.222 e. The van der Waals surface area contributed by atoms with Crippen LogP contribution < -0.4 is 10.6 Å². The van der Waals surface area contributed by atoms with Crippen molar-refractivity contribution in [2.45, 2.75) is 77.8 Å². The fraction of sp³-hybridized carbons (Fsp3) is 0.520. The first-order valence-corrected chi connectivity index (χ1v) is 12.3. The van der Waals surface area contributed by atoms with E-state index in [0.717, 1.165) is 60.5 Å². The first kappa shape index (κ1) is 23.5. The first-order valence-electron chi connectivity index (χ1n) is 11.9. The molecule has 1 fully saturated rings. The van der Waals surface area contributed by atoms with Gasteiger partial charge in [-0.3, -0.25) is 4.79 Å². The van der Waals surface area contributed by atoms with Gasteiger partial charge in [0.1, 0.15) is 11.6 Å². The Morgan fingerprint density at radius 1 is 1.12 bits per heavy atom. The van der Waals surface area contributed by atoms with E-state index in [0.29, 0.717) is 11.1 Å². The van der Waals surface area contributed by atoms with Gasteiger partial charge in [0.15, 0.2) is 5.65 Å². The Balaban J connectivity index is 1.60. The molecule has 176 valence electrons. The lowest BCUT2D eigenvalue weighted by atomic mass is 9.90. The minimum Gasteiger partial charge on any atom is -0.367 e. The Labute approximate surface area is 200 Å². The standard InChI is InChI=1S/C25H33ClN6O/c1-5-16(4)22-30-23(28-17-10-12-18(13-11-17)29-25(33)15(2)3)19-14-27-32(24(19)31-22)21-9-7-6-8-20(21)26/h6-9,14-18H,5,10-13H2,1-4H3,(H,29,33)(H,28,30,31). The number of rotatable bonds is 7. The van der Waals surface area contributed by atoms with Crippen molar-refractivity contribution < 1.29 is 4.79 Å². The molecule has 0 spiro atoms. The lowest BCUT2D eigenvalue weighted by molar-refractivity contribution is -0.124. The second-order valence-electron chi connectivity index (χ2n) is 9.34. The molecular weight excluding hydrogens is 436 g/mol. The number of amides is 1. The van der Waals surface area contributed by atoms with Crippen LogP contribution in [0.2, 0.25) is 5.02 Å². The summed E-state index contributed by atoms with van der Waals surface area (Å²) in [7, 11) is 0. The average Bonchev–Trinajstić information content (AvgIpc) is 3.24. The highest BCUT2D eigenvalue weighted by Crippen LogP contribution is 2.30. The van der Waals surface area contributed by atoms with Crippen LogP contribution in [0.15, 0.2) is 30.5 Å². The molecule has 33 heavy (non-hydrogen) atoms. The molecule has 2 aromatic heterocycles. The summed E-state index contributed by atoms with van der Waals surface area (Å²) < 4.78 is 1.80. The van der Waals surface area contributed by atoms with Gasteiger partial charge in [-0.25, -0.2) is 14.6 Å². The van der Waals surface area contributed by atoms with Crippen molar-refractivity contribution in [2.24, 2.45) is 5.92 Å². The van der Waals surface area contributed by atoms with Gasteiger partial charge < -0.3 is 10.6 Å². The van der Waals surface area contributed by atoms with Gasteiger partial charge in [0.25, 0.3) is 0 Å². The van der Waals surface area contributed by atoms with Gasteiger partial charge >= 0.3 is 0 Å². The molecule has 4 rings (SSSR count). The Morgan fingerprint density at radius 2 is 1.82 bits per heavy atom. The molecule has 8 heteroatoms. The SMILES string of the molecule is CCC(C)c1nc(NC2CCC(NC(=O)C(C)C)CC2)c2cnn(-c3ccccc3Cl)c2n1. The van der Waals surface area contributed by atoms with Crippen LogP contribution in [0.3, 0.4) is 0 Å². The summed E-state index contributed by atoms with van der Waals surface area (Å²) in [4.78, 5) is 21.8. The minimum atomic E-state index is 0.0174. The Morgan fingerprint density at radius 3 is 2.48 bits per heavy atom. The number of nitrogens with one attached hydrogen (secondary N) is 2. The van der Waals surface area contributed by atoms with Crippen molar-refractivity contribution in [3.63, 3.8) is 0 Å². The van der Waals surface area contributed by atoms with Crippen LogP contribution in [0.25, 0.3) is 16.7 Å². The lowest BCUT2D eigenvalue weighted by Gasteiger charge is -2.30. The van der Waals surface area contributed by atoms with E-state index in [1.807, 2.05) is 44.3 Å². The van der Waals surface area contributed by atoms with Crippen LogP contribution in [-0.4, -0.2) is 37.7 Å². The van der Waals surface area contributed by atoms with Gasteiger partial charge in [0, 0.05) is 23.9 Å². The molecule has 1 saturated carbocycles. The molecule has 0 saturated heterocycles. The number of anilines is 1. The zero-order valence-electron chi connectivity index (χ0n) is 19.8. The lowest BCUT2D eigenvalue weighted by Crippen LogP contribution is -2.41. The summed E-state index contributed by atoms with van der Waals surface area (Å²) in [6, 6.07) is 8.20. The molecule has 3 aromatic rings. The summed E-state index contributed by atoms with van der Waals surface area (Å²) in [5.74, 6) is 2.01. The van der Waals surface area contributed by atoms with Crippen LogP contribution in [0, 0.1) is 5.92 Å². The van der Waals surface area contributed by atoms with Crippen LogP contribution in [0.4, 0.5) is 5.82 Å². The molecule has 1 aliphatic rings. The zero-order valence-corrected chi connectivity index (χ0v) is 20.6. The highest BCUT2D eigenvalue weighted by molar-refractivity contribution is 6.32. The number of aromatic nitrogens is 4. The van der Waals surface area contributed by atoms with Crippen molar-refractivity contribution in [1.82, 2.24) is 25.1 Å². The first-order chi connectivity index (χ1) is 15.9. The number of halogens is 1. The largest absolute Gasteiger partial charge is 0.367 e. The molecule has 1 unspecified atom stereocenters. The van der Waals surface area contributed by atoms with Crippen molar-refractivity contribution in [3.8, 4) is 5.69 Å². The minimum absolute atomic E-state index is 0.0174. The normalized spacial score (nSPS) is 19.6. The summed E-state index contributed by atoms with van der Waals surface area (Å²) in [6.07, 6.45) is 6.64. The van der Waals surface area contributed by atoms with Gasteiger partial charge in [-0.1, -0.05) is 51.4 Å². The topological polar surface area (TPSA) is 84.7 Å². The molecule has 0 radical (unpaired) electrons.